The van der Waals surface area contributed by atoms with E-state index in [1.807, 2.05) is 12.1 Å². The summed E-state index contributed by atoms with van der Waals surface area (Å²) in [6.45, 7) is 1.10. The third-order valence-corrected chi connectivity index (χ3v) is 6.27. The van der Waals surface area contributed by atoms with Gasteiger partial charge in [0.25, 0.3) is 0 Å². The molecule has 1 aliphatic heterocycles. The Balaban J connectivity index is 1.91. The zero-order valence-electron chi connectivity index (χ0n) is 11.4. The van der Waals surface area contributed by atoms with Crippen LogP contribution in [-0.2, 0) is 9.84 Å². The summed E-state index contributed by atoms with van der Waals surface area (Å²) in [5.74, 6) is 2.17. The summed E-state index contributed by atoms with van der Waals surface area (Å²) in [5, 5.41) is 12.1. The highest BCUT2D eigenvalue weighted by Crippen LogP contribution is 2.31. The Morgan fingerprint density at radius 3 is 2.90 bits per heavy atom. The number of thioether (sulfide) groups is 1. The molecule has 0 radical (unpaired) electrons. The molecule has 2 rings (SSSR count). The molecule has 0 aliphatic carbocycles. The molecule has 112 valence electrons. The van der Waals surface area contributed by atoms with Crippen molar-refractivity contribution in [2.75, 3.05) is 30.4 Å². The van der Waals surface area contributed by atoms with Gasteiger partial charge in [-0.1, -0.05) is 18.2 Å². The molecule has 4 nitrogen and oxygen atoms in total. The molecule has 20 heavy (non-hydrogen) atoms. The Bertz CT molecular complexity index is 531. The van der Waals surface area contributed by atoms with Crippen molar-refractivity contribution in [1.29, 1.82) is 0 Å². The number of benzene rings is 1. The van der Waals surface area contributed by atoms with E-state index in [0.29, 0.717) is 11.3 Å². The van der Waals surface area contributed by atoms with Gasteiger partial charge in [0.15, 0.2) is 9.84 Å². The number of fused-ring (bicyclic) bond motifs is 1. The van der Waals surface area contributed by atoms with Crippen molar-refractivity contribution < 1.29 is 13.5 Å². The molecule has 2 N–H and O–H groups in total. The van der Waals surface area contributed by atoms with Crippen LogP contribution in [0.2, 0.25) is 0 Å². The quantitative estimate of drug-likeness (QED) is 0.748. The maximum absolute atomic E-state index is 12.0. The van der Waals surface area contributed by atoms with Gasteiger partial charge in [-0.15, -0.1) is 0 Å². The number of nitrogens with one attached hydrogen (secondary N) is 1. The lowest BCUT2D eigenvalue weighted by molar-refractivity contribution is 0.296. The van der Waals surface area contributed by atoms with Crippen molar-refractivity contribution in [1.82, 2.24) is 5.32 Å². The molecular weight excluding hydrogens is 294 g/mol. The summed E-state index contributed by atoms with van der Waals surface area (Å²) in [7, 11) is -3.09. The summed E-state index contributed by atoms with van der Waals surface area (Å²) >= 11 is 1.81. The van der Waals surface area contributed by atoms with Crippen LogP contribution in [0, 0.1) is 0 Å². The van der Waals surface area contributed by atoms with E-state index >= 15 is 0 Å². The fourth-order valence-corrected chi connectivity index (χ4v) is 4.80. The fourth-order valence-electron chi connectivity index (χ4n) is 2.38. The molecule has 1 aromatic carbocycles. The molecule has 0 bridgehead atoms. The Labute approximate surface area is 124 Å². The highest BCUT2D eigenvalue weighted by atomic mass is 32.2. The predicted molar refractivity (Wildman–Crippen MR) is 82.9 cm³/mol. The molecule has 6 heteroatoms. The third-order valence-electron chi connectivity index (χ3n) is 3.39. The van der Waals surface area contributed by atoms with Crippen LogP contribution in [0.5, 0.6) is 0 Å². The van der Waals surface area contributed by atoms with Crippen molar-refractivity contribution in [2.24, 2.45) is 0 Å². The molecule has 0 saturated heterocycles. The van der Waals surface area contributed by atoms with Crippen LogP contribution in [0.4, 0.5) is 0 Å². The Hall–Kier alpha value is -0.560. The Morgan fingerprint density at radius 1 is 1.30 bits per heavy atom. The van der Waals surface area contributed by atoms with E-state index < -0.39 is 9.84 Å². The molecule has 0 saturated carbocycles. The van der Waals surface area contributed by atoms with Gasteiger partial charge < -0.3 is 10.4 Å². The average molecular weight is 315 g/mol. The highest BCUT2D eigenvalue weighted by Gasteiger charge is 2.29. The molecule has 0 spiro atoms. The summed E-state index contributed by atoms with van der Waals surface area (Å²) in [4.78, 5) is 0.483. The van der Waals surface area contributed by atoms with Gasteiger partial charge >= 0.3 is 0 Å². The van der Waals surface area contributed by atoms with Gasteiger partial charge in [-0.25, -0.2) is 8.42 Å². The number of rotatable bonds is 7. The molecule has 0 fully saturated rings. The maximum atomic E-state index is 12.0. The number of hydrogen-bond donors (Lipinski definition) is 2. The topological polar surface area (TPSA) is 66.4 Å². The standard InChI is InChI=1S/C14H21NO3S2/c16-8-3-9-19-10-7-15-13-6-11-20(17,18)14-5-2-1-4-12(13)14/h1-2,4-5,13,15-16H,3,6-11H2. The predicted octanol–water partition coefficient (Wildman–Crippen LogP) is 1.61. The lowest BCUT2D eigenvalue weighted by atomic mass is 10.0. The van der Waals surface area contributed by atoms with E-state index in [1.54, 1.807) is 23.9 Å². The second-order valence-electron chi connectivity index (χ2n) is 4.84. The van der Waals surface area contributed by atoms with Crippen LogP contribution in [0.25, 0.3) is 0 Å². The molecule has 1 aromatic rings. The minimum atomic E-state index is -3.09. The molecule has 1 aliphatic rings. The van der Waals surface area contributed by atoms with E-state index in [0.717, 1.165) is 30.0 Å². The first-order valence-corrected chi connectivity index (χ1v) is 9.69. The van der Waals surface area contributed by atoms with Gasteiger partial charge in [-0.2, -0.15) is 11.8 Å². The average Bonchev–Trinajstić information content (AvgIpc) is 2.45. The summed E-state index contributed by atoms with van der Waals surface area (Å²) in [6.07, 6.45) is 1.47. The molecule has 1 unspecified atom stereocenters. The fraction of sp³-hybridized carbons (Fsp3) is 0.571. The van der Waals surface area contributed by atoms with Gasteiger partial charge in [0.1, 0.15) is 0 Å². The van der Waals surface area contributed by atoms with Crippen molar-refractivity contribution >= 4 is 21.6 Å². The lowest BCUT2D eigenvalue weighted by Crippen LogP contribution is -2.31. The summed E-state index contributed by atoms with van der Waals surface area (Å²) in [5.41, 5.74) is 0.902. The van der Waals surface area contributed by atoms with Crippen molar-refractivity contribution in [2.45, 2.75) is 23.8 Å². The first-order chi connectivity index (χ1) is 9.65. The number of aliphatic hydroxyl groups is 1. The Kier molecular flexibility index (Phi) is 5.89. The normalized spacial score (nSPS) is 20.6. The second kappa shape index (κ2) is 7.45. The zero-order chi connectivity index (χ0) is 14.4. The van der Waals surface area contributed by atoms with Gasteiger partial charge in [-0.3, -0.25) is 0 Å². The minimum Gasteiger partial charge on any atom is -0.396 e. The van der Waals surface area contributed by atoms with Crippen LogP contribution in [0.1, 0.15) is 24.4 Å². The first-order valence-electron chi connectivity index (χ1n) is 6.89. The SMILES string of the molecule is O=S1(=O)CCC(NCCSCCCO)c2ccccc21. The van der Waals surface area contributed by atoms with E-state index in [4.69, 9.17) is 5.11 Å². The van der Waals surface area contributed by atoms with Gasteiger partial charge in [0.05, 0.1) is 10.6 Å². The highest BCUT2D eigenvalue weighted by molar-refractivity contribution is 7.99. The van der Waals surface area contributed by atoms with Gasteiger partial charge in [-0.05, 0) is 30.2 Å². The molecule has 1 atom stereocenters. The van der Waals surface area contributed by atoms with Gasteiger partial charge in [0.2, 0.25) is 0 Å². The first kappa shape index (κ1) is 15.8. The monoisotopic (exact) mass is 315 g/mol. The largest absolute Gasteiger partial charge is 0.396 e. The van der Waals surface area contributed by atoms with E-state index in [2.05, 4.69) is 5.32 Å². The minimum absolute atomic E-state index is 0.133. The van der Waals surface area contributed by atoms with Crippen LogP contribution in [-0.4, -0.2) is 43.9 Å². The molecule has 0 aromatic heterocycles. The second-order valence-corrected chi connectivity index (χ2v) is 8.14. The smallest absolute Gasteiger partial charge is 0.178 e. The van der Waals surface area contributed by atoms with Crippen LogP contribution >= 0.6 is 11.8 Å². The van der Waals surface area contributed by atoms with Crippen molar-refractivity contribution in [3.8, 4) is 0 Å². The van der Waals surface area contributed by atoms with Crippen molar-refractivity contribution in [3.63, 3.8) is 0 Å². The van der Waals surface area contributed by atoms with Gasteiger partial charge in [0, 0.05) is 24.9 Å². The Morgan fingerprint density at radius 2 is 2.10 bits per heavy atom. The summed E-state index contributed by atoms with van der Waals surface area (Å²) < 4.78 is 24.0. The lowest BCUT2D eigenvalue weighted by Gasteiger charge is -2.26. The summed E-state index contributed by atoms with van der Waals surface area (Å²) in [6, 6.07) is 7.42. The van der Waals surface area contributed by atoms with E-state index in [-0.39, 0.29) is 18.4 Å². The number of sulfone groups is 1. The zero-order valence-corrected chi connectivity index (χ0v) is 13.0. The number of aliphatic hydroxyl groups excluding tert-OH is 1. The molecular formula is C14H21NO3S2. The third kappa shape index (κ3) is 3.97. The van der Waals surface area contributed by atoms with Crippen LogP contribution < -0.4 is 5.32 Å². The molecule has 1 heterocycles. The van der Waals surface area contributed by atoms with Crippen LogP contribution in [0.15, 0.2) is 29.2 Å². The van der Waals surface area contributed by atoms with Crippen LogP contribution in [0.3, 0.4) is 0 Å². The maximum Gasteiger partial charge on any atom is 0.178 e. The van der Waals surface area contributed by atoms with E-state index in [1.165, 1.54) is 0 Å². The van der Waals surface area contributed by atoms with E-state index in [9.17, 15) is 8.42 Å². The molecule has 0 amide bonds. The van der Waals surface area contributed by atoms with Crippen molar-refractivity contribution in [3.05, 3.63) is 29.8 Å². The number of hydrogen-bond acceptors (Lipinski definition) is 5.